The summed E-state index contributed by atoms with van der Waals surface area (Å²) in [5, 5.41) is 0. The Morgan fingerprint density at radius 1 is 0.607 bits per heavy atom. The van der Waals surface area contributed by atoms with E-state index in [0.717, 1.165) is 12.8 Å². The van der Waals surface area contributed by atoms with Crippen LogP contribution in [0, 0.1) is 41.5 Å². The first kappa shape index (κ1) is 20.5. The summed E-state index contributed by atoms with van der Waals surface area (Å²) >= 11 is 0. The predicted octanol–water partition coefficient (Wildman–Crippen LogP) is 6.39. The van der Waals surface area contributed by atoms with Crippen LogP contribution in [0.4, 0.5) is 0 Å². The summed E-state index contributed by atoms with van der Waals surface area (Å²) in [6.45, 7) is 13.0. The van der Waals surface area contributed by atoms with E-state index in [1.807, 2.05) is 0 Å². The molecule has 28 heavy (non-hydrogen) atoms. The molecule has 0 bridgehead atoms. The summed E-state index contributed by atoms with van der Waals surface area (Å²) in [5.41, 5.74) is 10.4. The van der Waals surface area contributed by atoms with E-state index >= 15 is 0 Å². The van der Waals surface area contributed by atoms with E-state index in [2.05, 4.69) is 78.2 Å². The van der Waals surface area contributed by atoms with Crippen LogP contribution in [-0.4, -0.2) is 24.5 Å². The number of nitrogens with zero attached hydrogens (tertiary/aromatic N) is 2. The van der Waals surface area contributed by atoms with Crippen LogP contribution < -0.4 is 0 Å². The van der Waals surface area contributed by atoms with Crippen LogP contribution in [0.2, 0.25) is 0 Å². The zero-order valence-electron chi connectivity index (χ0n) is 18.3. The van der Waals surface area contributed by atoms with Crippen LogP contribution in [-0.2, 0) is 0 Å². The summed E-state index contributed by atoms with van der Waals surface area (Å²) in [7, 11) is 0. The van der Waals surface area contributed by atoms with E-state index in [1.165, 1.54) is 57.3 Å². The molecule has 1 aliphatic carbocycles. The molecule has 1 saturated carbocycles. The van der Waals surface area contributed by atoms with E-state index in [4.69, 9.17) is 9.98 Å². The highest BCUT2D eigenvalue weighted by molar-refractivity contribution is 5.85. The van der Waals surface area contributed by atoms with Gasteiger partial charge in [0, 0.05) is 12.4 Å². The van der Waals surface area contributed by atoms with Crippen LogP contribution in [0.3, 0.4) is 0 Å². The Kier molecular flexibility index (Phi) is 6.49. The number of aryl methyl sites for hydroxylation is 6. The first-order chi connectivity index (χ1) is 13.3. The molecule has 148 valence electrons. The Morgan fingerprint density at radius 3 is 1.25 bits per heavy atom. The van der Waals surface area contributed by atoms with Gasteiger partial charge in [0.15, 0.2) is 0 Å². The van der Waals surface area contributed by atoms with E-state index in [-0.39, 0.29) is 12.1 Å². The largest absolute Gasteiger partial charge is 0.287 e. The van der Waals surface area contributed by atoms with E-state index in [0.29, 0.717) is 0 Å². The Hall–Kier alpha value is -2.22. The van der Waals surface area contributed by atoms with Gasteiger partial charge in [0.2, 0.25) is 0 Å². The smallest absolute Gasteiger partial charge is 0.0723 e. The summed E-state index contributed by atoms with van der Waals surface area (Å²) in [4.78, 5) is 10.0. The van der Waals surface area contributed by atoms with Gasteiger partial charge < -0.3 is 0 Å². The van der Waals surface area contributed by atoms with Crippen molar-refractivity contribution in [2.75, 3.05) is 0 Å². The van der Waals surface area contributed by atoms with Gasteiger partial charge in [0.1, 0.15) is 0 Å². The van der Waals surface area contributed by atoms with Crippen LogP contribution in [0.1, 0.15) is 70.2 Å². The van der Waals surface area contributed by atoms with Crippen molar-refractivity contribution < 1.29 is 0 Å². The van der Waals surface area contributed by atoms with Gasteiger partial charge in [-0.3, -0.25) is 9.98 Å². The van der Waals surface area contributed by atoms with Crippen LogP contribution in [0.25, 0.3) is 0 Å². The van der Waals surface area contributed by atoms with E-state index < -0.39 is 0 Å². The van der Waals surface area contributed by atoms with Crippen molar-refractivity contribution in [1.82, 2.24) is 0 Å². The first-order valence-electron chi connectivity index (χ1n) is 10.6. The summed E-state index contributed by atoms with van der Waals surface area (Å²) in [5.74, 6) is 0. The molecule has 0 amide bonds. The van der Waals surface area contributed by atoms with Gasteiger partial charge in [-0.2, -0.15) is 0 Å². The third kappa shape index (κ3) is 4.79. The number of benzene rings is 2. The second-order valence-electron chi connectivity index (χ2n) is 8.60. The minimum atomic E-state index is 0.288. The Labute approximate surface area is 170 Å². The standard InChI is InChI=1S/C26H34N2/c1-17-11-19(3)23(20(4)12-17)15-27-25-9-7-8-10-26(25)28-16-24-21(5)13-18(2)14-22(24)6/h11-16,25-26H,7-10H2,1-6H3/t25-,26+. The Morgan fingerprint density at radius 2 is 0.929 bits per heavy atom. The van der Waals surface area contributed by atoms with Gasteiger partial charge in [-0.25, -0.2) is 0 Å². The molecule has 0 saturated heterocycles. The lowest BCUT2D eigenvalue weighted by Crippen LogP contribution is -2.27. The molecular weight excluding hydrogens is 340 g/mol. The lowest BCUT2D eigenvalue weighted by atomic mass is 9.90. The van der Waals surface area contributed by atoms with Crippen LogP contribution in [0.5, 0.6) is 0 Å². The van der Waals surface area contributed by atoms with Gasteiger partial charge in [0.05, 0.1) is 12.1 Å². The van der Waals surface area contributed by atoms with Crippen molar-refractivity contribution >= 4 is 12.4 Å². The highest BCUT2D eigenvalue weighted by Crippen LogP contribution is 2.25. The molecule has 2 aromatic carbocycles. The molecule has 0 aliphatic heterocycles. The molecule has 0 aromatic heterocycles. The molecule has 2 nitrogen and oxygen atoms in total. The molecule has 0 heterocycles. The SMILES string of the molecule is Cc1cc(C)c(C=N[C@H]2CCCC[C@H]2N=Cc2c(C)cc(C)cc2C)c(C)c1. The quantitative estimate of drug-likeness (QED) is 0.554. The van der Waals surface area contributed by atoms with Gasteiger partial charge >= 0.3 is 0 Å². The molecule has 0 unspecified atom stereocenters. The molecule has 0 radical (unpaired) electrons. The summed E-state index contributed by atoms with van der Waals surface area (Å²) < 4.78 is 0. The molecule has 1 fully saturated rings. The number of rotatable bonds is 4. The third-order valence-electron chi connectivity index (χ3n) is 5.96. The van der Waals surface area contributed by atoms with Crippen molar-refractivity contribution in [3.8, 4) is 0 Å². The molecule has 0 N–H and O–H groups in total. The number of aliphatic imine (C=N–C) groups is 2. The number of hydrogen-bond donors (Lipinski definition) is 0. The lowest BCUT2D eigenvalue weighted by Gasteiger charge is -2.26. The topological polar surface area (TPSA) is 24.7 Å². The van der Waals surface area contributed by atoms with Crippen LogP contribution in [0.15, 0.2) is 34.3 Å². The third-order valence-corrected chi connectivity index (χ3v) is 5.96. The van der Waals surface area contributed by atoms with Crippen LogP contribution >= 0.6 is 0 Å². The monoisotopic (exact) mass is 374 g/mol. The predicted molar refractivity (Wildman–Crippen MR) is 123 cm³/mol. The average Bonchev–Trinajstić information content (AvgIpc) is 2.61. The number of hydrogen-bond acceptors (Lipinski definition) is 2. The summed E-state index contributed by atoms with van der Waals surface area (Å²) in [6.07, 6.45) is 8.98. The minimum Gasteiger partial charge on any atom is -0.287 e. The molecular formula is C26H34N2. The fourth-order valence-corrected chi connectivity index (χ4v) is 4.57. The van der Waals surface area contributed by atoms with Crippen molar-refractivity contribution in [3.63, 3.8) is 0 Å². The molecule has 2 heteroatoms. The Balaban J connectivity index is 1.82. The molecule has 1 aliphatic rings. The highest BCUT2D eigenvalue weighted by atomic mass is 14.9. The van der Waals surface area contributed by atoms with Crippen molar-refractivity contribution in [2.24, 2.45) is 9.98 Å². The van der Waals surface area contributed by atoms with Crippen molar-refractivity contribution in [1.29, 1.82) is 0 Å². The molecule has 0 spiro atoms. The summed E-state index contributed by atoms with van der Waals surface area (Å²) in [6, 6.07) is 9.55. The first-order valence-corrected chi connectivity index (χ1v) is 10.6. The average molecular weight is 375 g/mol. The lowest BCUT2D eigenvalue weighted by molar-refractivity contribution is 0.390. The zero-order chi connectivity index (χ0) is 20.3. The normalized spacial score (nSPS) is 20.4. The second-order valence-corrected chi connectivity index (χ2v) is 8.60. The van der Waals surface area contributed by atoms with Gasteiger partial charge in [0.25, 0.3) is 0 Å². The van der Waals surface area contributed by atoms with E-state index in [9.17, 15) is 0 Å². The van der Waals surface area contributed by atoms with Gasteiger partial charge in [-0.15, -0.1) is 0 Å². The maximum Gasteiger partial charge on any atom is 0.0723 e. The molecule has 2 atom stereocenters. The maximum absolute atomic E-state index is 5.02. The van der Waals surface area contributed by atoms with Crippen molar-refractivity contribution in [2.45, 2.75) is 79.3 Å². The fourth-order valence-electron chi connectivity index (χ4n) is 4.57. The molecule has 3 rings (SSSR count). The maximum atomic E-state index is 5.02. The highest BCUT2D eigenvalue weighted by Gasteiger charge is 2.23. The zero-order valence-corrected chi connectivity index (χ0v) is 18.3. The van der Waals surface area contributed by atoms with Gasteiger partial charge in [-0.1, -0.05) is 48.2 Å². The van der Waals surface area contributed by atoms with E-state index in [1.54, 1.807) is 0 Å². The van der Waals surface area contributed by atoms with Crippen molar-refractivity contribution in [3.05, 3.63) is 68.8 Å². The second kappa shape index (κ2) is 8.86. The molecule has 2 aromatic rings. The van der Waals surface area contributed by atoms with Gasteiger partial charge in [-0.05, 0) is 87.8 Å². The fraction of sp³-hybridized carbons (Fsp3) is 0.462. The Bertz CT molecular complexity index is 783. The minimum absolute atomic E-state index is 0.288.